The molecule has 0 saturated carbocycles. The van der Waals surface area contributed by atoms with Gasteiger partial charge in [-0.05, 0) is 48.9 Å². The Hall–Kier alpha value is -2.50. The number of hydrogen-bond donors (Lipinski definition) is 2. The van der Waals surface area contributed by atoms with Crippen molar-refractivity contribution in [3.8, 4) is 0 Å². The third-order valence-corrected chi connectivity index (χ3v) is 2.94. The Morgan fingerprint density at radius 1 is 1.10 bits per heavy atom. The van der Waals surface area contributed by atoms with Crippen LogP contribution in [0.25, 0.3) is 0 Å². The molecular weight excluding hydrogens is 283 g/mol. The summed E-state index contributed by atoms with van der Waals surface area (Å²) in [6, 6.07) is 9.30. The first-order chi connectivity index (χ1) is 9.77. The number of carboxylic acids is 1. The average Bonchev–Trinajstić information content (AvgIpc) is 2.37. The molecule has 0 atom stereocenters. The molecule has 0 heterocycles. The monoisotopic (exact) mass is 295 g/mol. The summed E-state index contributed by atoms with van der Waals surface area (Å²) in [7, 11) is 0. The molecule has 0 unspecified atom stereocenters. The maximum Gasteiger partial charge on any atom is 0.416 e. The van der Waals surface area contributed by atoms with Gasteiger partial charge in [0, 0.05) is 11.4 Å². The van der Waals surface area contributed by atoms with E-state index in [1.54, 1.807) is 13.0 Å². The number of carbonyl (C=O) groups is 1. The Balaban J connectivity index is 2.27. The lowest BCUT2D eigenvalue weighted by atomic mass is 10.1. The number of aromatic carboxylic acids is 1. The Kier molecular flexibility index (Phi) is 3.88. The smallest absolute Gasteiger partial charge is 0.416 e. The molecule has 0 radical (unpaired) electrons. The van der Waals surface area contributed by atoms with Crippen molar-refractivity contribution in [3.63, 3.8) is 0 Å². The van der Waals surface area contributed by atoms with E-state index in [1.165, 1.54) is 24.3 Å². The lowest BCUT2D eigenvalue weighted by Gasteiger charge is -2.11. The summed E-state index contributed by atoms with van der Waals surface area (Å²) < 4.78 is 37.9. The van der Waals surface area contributed by atoms with E-state index >= 15 is 0 Å². The van der Waals surface area contributed by atoms with Gasteiger partial charge >= 0.3 is 12.1 Å². The molecule has 2 aromatic carbocycles. The topological polar surface area (TPSA) is 49.3 Å². The van der Waals surface area contributed by atoms with Gasteiger partial charge in [0.05, 0.1) is 11.1 Å². The third-order valence-electron chi connectivity index (χ3n) is 2.94. The highest BCUT2D eigenvalue weighted by Gasteiger charge is 2.30. The molecule has 2 rings (SSSR count). The van der Waals surface area contributed by atoms with Crippen LogP contribution in [0.5, 0.6) is 0 Å². The summed E-state index contributed by atoms with van der Waals surface area (Å²) in [6.07, 6.45) is -4.40. The zero-order valence-corrected chi connectivity index (χ0v) is 11.0. The highest BCUT2D eigenvalue weighted by atomic mass is 19.4. The fraction of sp³-hybridized carbons (Fsp3) is 0.133. The van der Waals surface area contributed by atoms with Crippen LogP contribution in [-0.4, -0.2) is 11.1 Å². The maximum absolute atomic E-state index is 12.6. The van der Waals surface area contributed by atoms with Gasteiger partial charge in [-0.1, -0.05) is 6.07 Å². The molecule has 0 fully saturated rings. The molecule has 0 saturated heterocycles. The van der Waals surface area contributed by atoms with Crippen molar-refractivity contribution in [2.24, 2.45) is 0 Å². The molecule has 0 aliphatic carbocycles. The summed E-state index contributed by atoms with van der Waals surface area (Å²) in [4.78, 5) is 10.9. The van der Waals surface area contributed by atoms with Crippen molar-refractivity contribution >= 4 is 17.3 Å². The van der Waals surface area contributed by atoms with Crippen molar-refractivity contribution in [2.45, 2.75) is 13.1 Å². The summed E-state index contributed by atoms with van der Waals surface area (Å²) in [5, 5.41) is 11.8. The zero-order chi connectivity index (χ0) is 15.6. The Labute approximate surface area is 119 Å². The van der Waals surface area contributed by atoms with E-state index in [4.69, 9.17) is 5.11 Å². The number of halogens is 3. The second-order valence-corrected chi connectivity index (χ2v) is 4.54. The van der Waals surface area contributed by atoms with Crippen molar-refractivity contribution in [1.29, 1.82) is 0 Å². The lowest BCUT2D eigenvalue weighted by molar-refractivity contribution is -0.137. The van der Waals surface area contributed by atoms with Crippen LogP contribution in [0, 0.1) is 6.92 Å². The van der Waals surface area contributed by atoms with Gasteiger partial charge in [-0.15, -0.1) is 0 Å². The van der Waals surface area contributed by atoms with E-state index in [-0.39, 0.29) is 11.3 Å². The van der Waals surface area contributed by atoms with Crippen molar-refractivity contribution in [2.75, 3.05) is 5.32 Å². The molecular formula is C15H12F3NO2. The minimum absolute atomic E-state index is 0.157. The van der Waals surface area contributed by atoms with Crippen LogP contribution in [0.2, 0.25) is 0 Å². The molecule has 0 aromatic heterocycles. The molecule has 21 heavy (non-hydrogen) atoms. The van der Waals surface area contributed by atoms with E-state index in [0.717, 1.165) is 12.1 Å². The number of anilines is 2. The van der Waals surface area contributed by atoms with E-state index < -0.39 is 17.7 Å². The minimum Gasteiger partial charge on any atom is -0.478 e. The van der Waals surface area contributed by atoms with Crippen LogP contribution >= 0.6 is 0 Å². The van der Waals surface area contributed by atoms with Crippen molar-refractivity contribution < 1.29 is 23.1 Å². The standard InChI is InChI=1S/C15H12F3NO2/c1-9-7-12(5-6-13(9)14(20)21)19-11-4-2-3-10(8-11)15(16,17)18/h2-8,19H,1H3,(H,20,21). The second kappa shape index (κ2) is 5.47. The van der Waals surface area contributed by atoms with Crippen LogP contribution in [0.15, 0.2) is 42.5 Å². The lowest BCUT2D eigenvalue weighted by Crippen LogP contribution is -2.05. The first kappa shape index (κ1) is 14.9. The molecule has 0 aliphatic rings. The Bertz CT molecular complexity index is 681. The summed E-state index contributed by atoms with van der Waals surface area (Å²) >= 11 is 0. The molecule has 0 spiro atoms. The van der Waals surface area contributed by atoms with Gasteiger partial charge in [0.15, 0.2) is 0 Å². The Morgan fingerprint density at radius 2 is 1.76 bits per heavy atom. The van der Waals surface area contributed by atoms with Crippen molar-refractivity contribution in [1.82, 2.24) is 0 Å². The predicted molar refractivity (Wildman–Crippen MR) is 72.9 cm³/mol. The number of carboxylic acid groups (broad SMARTS) is 1. The molecule has 6 heteroatoms. The molecule has 0 amide bonds. The molecule has 0 bridgehead atoms. The van der Waals surface area contributed by atoms with Gasteiger partial charge in [0.1, 0.15) is 0 Å². The third kappa shape index (κ3) is 3.53. The predicted octanol–water partition coefficient (Wildman–Crippen LogP) is 4.46. The van der Waals surface area contributed by atoms with Gasteiger partial charge in [0.2, 0.25) is 0 Å². The van der Waals surface area contributed by atoms with Crippen LogP contribution in [-0.2, 0) is 6.18 Å². The van der Waals surface area contributed by atoms with Gasteiger partial charge in [0.25, 0.3) is 0 Å². The van der Waals surface area contributed by atoms with Crippen LogP contribution < -0.4 is 5.32 Å². The zero-order valence-electron chi connectivity index (χ0n) is 11.0. The van der Waals surface area contributed by atoms with Gasteiger partial charge in [-0.2, -0.15) is 13.2 Å². The number of hydrogen-bond acceptors (Lipinski definition) is 2. The number of nitrogens with one attached hydrogen (secondary N) is 1. The van der Waals surface area contributed by atoms with E-state index in [1.807, 2.05) is 0 Å². The van der Waals surface area contributed by atoms with E-state index in [0.29, 0.717) is 11.3 Å². The first-order valence-electron chi connectivity index (χ1n) is 6.05. The molecule has 2 aromatic rings. The largest absolute Gasteiger partial charge is 0.478 e. The van der Waals surface area contributed by atoms with E-state index in [9.17, 15) is 18.0 Å². The fourth-order valence-corrected chi connectivity index (χ4v) is 1.92. The SMILES string of the molecule is Cc1cc(Nc2cccc(C(F)(F)F)c2)ccc1C(=O)O. The second-order valence-electron chi connectivity index (χ2n) is 4.54. The molecule has 0 aliphatic heterocycles. The normalized spacial score (nSPS) is 11.2. The fourth-order valence-electron chi connectivity index (χ4n) is 1.92. The summed E-state index contributed by atoms with van der Waals surface area (Å²) in [5.74, 6) is -1.04. The van der Waals surface area contributed by atoms with Crippen LogP contribution in [0.1, 0.15) is 21.5 Å². The molecule has 110 valence electrons. The quantitative estimate of drug-likeness (QED) is 0.879. The number of alkyl halides is 3. The Morgan fingerprint density at radius 3 is 2.33 bits per heavy atom. The number of benzene rings is 2. The average molecular weight is 295 g/mol. The minimum atomic E-state index is -4.40. The molecule has 2 N–H and O–H groups in total. The van der Waals surface area contributed by atoms with E-state index in [2.05, 4.69) is 5.32 Å². The summed E-state index contributed by atoms with van der Waals surface area (Å²) in [6.45, 7) is 1.63. The molecule has 3 nitrogen and oxygen atoms in total. The van der Waals surface area contributed by atoms with Crippen LogP contribution in [0.3, 0.4) is 0 Å². The first-order valence-corrected chi connectivity index (χ1v) is 6.05. The van der Waals surface area contributed by atoms with Gasteiger partial charge in [-0.3, -0.25) is 0 Å². The van der Waals surface area contributed by atoms with Crippen LogP contribution in [0.4, 0.5) is 24.5 Å². The van der Waals surface area contributed by atoms with Crippen molar-refractivity contribution in [3.05, 3.63) is 59.2 Å². The summed E-state index contributed by atoms with van der Waals surface area (Å²) in [5.41, 5.74) is 0.750. The highest BCUT2D eigenvalue weighted by Crippen LogP contribution is 2.31. The number of rotatable bonds is 3. The van der Waals surface area contributed by atoms with Gasteiger partial charge in [-0.25, -0.2) is 4.79 Å². The maximum atomic E-state index is 12.6. The van der Waals surface area contributed by atoms with Gasteiger partial charge < -0.3 is 10.4 Å². The number of aryl methyl sites for hydroxylation is 1. The highest BCUT2D eigenvalue weighted by molar-refractivity contribution is 5.90.